The number of carbonyl (C=O) groups is 1. The van der Waals surface area contributed by atoms with E-state index in [0.29, 0.717) is 12.5 Å². The fourth-order valence-corrected chi connectivity index (χ4v) is 2.74. The van der Waals surface area contributed by atoms with Gasteiger partial charge in [-0.25, -0.2) is 0 Å². The van der Waals surface area contributed by atoms with Gasteiger partial charge in [-0.2, -0.15) is 5.10 Å². The molecule has 0 saturated heterocycles. The molecule has 1 fully saturated rings. The molecule has 1 aromatic heterocycles. The lowest BCUT2D eigenvalue weighted by Crippen LogP contribution is -2.31. The maximum absolute atomic E-state index is 12.0. The summed E-state index contributed by atoms with van der Waals surface area (Å²) in [6.07, 6.45) is 10.3. The largest absolute Gasteiger partial charge is 0.321 e. The van der Waals surface area contributed by atoms with Crippen molar-refractivity contribution < 1.29 is 4.79 Å². The molecular weight excluding hydrogens is 238 g/mol. The van der Waals surface area contributed by atoms with Gasteiger partial charge in [0.25, 0.3) is 0 Å². The molecule has 19 heavy (non-hydrogen) atoms. The average molecular weight is 263 g/mol. The highest BCUT2D eigenvalue weighted by Gasteiger charge is 2.19. The fourth-order valence-electron chi connectivity index (χ4n) is 2.74. The molecule has 4 nitrogen and oxygen atoms in total. The van der Waals surface area contributed by atoms with E-state index in [1.165, 1.54) is 25.7 Å². The van der Waals surface area contributed by atoms with Crippen molar-refractivity contribution in [1.29, 1.82) is 0 Å². The molecule has 2 rings (SSSR count). The van der Waals surface area contributed by atoms with Crippen molar-refractivity contribution in [2.24, 2.45) is 5.73 Å². The number of ketones is 1. The third kappa shape index (κ3) is 3.90. The van der Waals surface area contributed by atoms with Crippen LogP contribution in [-0.4, -0.2) is 21.6 Å². The van der Waals surface area contributed by atoms with Gasteiger partial charge in [0.05, 0.1) is 24.2 Å². The molecule has 4 heteroatoms. The minimum Gasteiger partial charge on any atom is -0.321 e. The number of hydrogen-bond acceptors (Lipinski definition) is 3. The van der Waals surface area contributed by atoms with Gasteiger partial charge in [0.1, 0.15) is 0 Å². The smallest absolute Gasteiger partial charge is 0.155 e. The first kappa shape index (κ1) is 14.3. The molecule has 106 valence electrons. The Hall–Kier alpha value is -1.16. The van der Waals surface area contributed by atoms with Crippen LogP contribution in [-0.2, 0) is 11.2 Å². The summed E-state index contributed by atoms with van der Waals surface area (Å²) >= 11 is 0. The molecule has 2 N–H and O–H groups in total. The Morgan fingerprint density at radius 2 is 2.26 bits per heavy atom. The van der Waals surface area contributed by atoms with Crippen LogP contribution in [0.2, 0.25) is 0 Å². The zero-order valence-corrected chi connectivity index (χ0v) is 11.8. The molecule has 0 bridgehead atoms. The molecule has 0 spiro atoms. The quantitative estimate of drug-likeness (QED) is 0.822. The number of nitrogens with two attached hydrogens (primary N) is 1. The molecule has 0 radical (unpaired) electrons. The van der Waals surface area contributed by atoms with Gasteiger partial charge in [-0.05, 0) is 25.3 Å². The summed E-state index contributed by atoms with van der Waals surface area (Å²) in [4.78, 5) is 12.0. The molecule has 1 saturated carbocycles. The first-order valence-corrected chi connectivity index (χ1v) is 7.53. The van der Waals surface area contributed by atoms with Crippen LogP contribution >= 0.6 is 0 Å². The number of nitrogens with zero attached hydrogens (tertiary/aromatic N) is 2. The lowest BCUT2D eigenvalue weighted by atomic mass is 10.0. The van der Waals surface area contributed by atoms with Crippen LogP contribution in [0.5, 0.6) is 0 Å². The van der Waals surface area contributed by atoms with Gasteiger partial charge in [0, 0.05) is 6.20 Å². The van der Waals surface area contributed by atoms with Gasteiger partial charge in [-0.3, -0.25) is 9.48 Å². The van der Waals surface area contributed by atoms with E-state index in [1.807, 2.05) is 16.9 Å². The van der Waals surface area contributed by atoms with Crippen LogP contribution in [0.15, 0.2) is 12.3 Å². The Morgan fingerprint density at radius 1 is 1.53 bits per heavy atom. The van der Waals surface area contributed by atoms with Crippen molar-refractivity contribution in [3.8, 4) is 0 Å². The van der Waals surface area contributed by atoms with E-state index in [-0.39, 0.29) is 11.8 Å². The van der Waals surface area contributed by atoms with Gasteiger partial charge in [0.15, 0.2) is 5.78 Å². The molecule has 0 amide bonds. The van der Waals surface area contributed by atoms with Crippen LogP contribution in [0.3, 0.4) is 0 Å². The average Bonchev–Trinajstić information content (AvgIpc) is 3.05. The molecule has 1 heterocycles. The monoisotopic (exact) mass is 263 g/mol. The molecule has 1 aliphatic rings. The summed E-state index contributed by atoms with van der Waals surface area (Å²) in [5.41, 5.74) is 6.76. The van der Waals surface area contributed by atoms with Crippen LogP contribution < -0.4 is 5.73 Å². The van der Waals surface area contributed by atoms with Crippen molar-refractivity contribution in [1.82, 2.24) is 9.78 Å². The van der Waals surface area contributed by atoms with Crippen LogP contribution in [0.25, 0.3) is 0 Å². The van der Waals surface area contributed by atoms with Gasteiger partial charge in [0.2, 0.25) is 0 Å². The summed E-state index contributed by atoms with van der Waals surface area (Å²) in [6, 6.07) is 2.18. The standard InChI is InChI=1S/C15H25N3O/c1-2-3-8-14(16)15(19)11-12-9-10-18(17-12)13-6-4-5-7-13/h9-10,13-14H,2-8,11,16H2,1H3. The van der Waals surface area contributed by atoms with E-state index in [1.54, 1.807) is 0 Å². The summed E-state index contributed by atoms with van der Waals surface area (Å²) in [5, 5.41) is 4.54. The highest BCUT2D eigenvalue weighted by atomic mass is 16.1. The number of unbranched alkanes of at least 4 members (excludes halogenated alkanes) is 1. The second kappa shape index (κ2) is 6.85. The Bertz CT molecular complexity index is 407. The minimum atomic E-state index is -0.323. The number of rotatable bonds is 7. The van der Waals surface area contributed by atoms with Crippen molar-refractivity contribution in [2.45, 2.75) is 70.4 Å². The zero-order valence-electron chi connectivity index (χ0n) is 11.8. The van der Waals surface area contributed by atoms with Gasteiger partial charge in [-0.15, -0.1) is 0 Å². The Morgan fingerprint density at radius 3 is 2.95 bits per heavy atom. The third-order valence-electron chi connectivity index (χ3n) is 4.00. The summed E-state index contributed by atoms with van der Waals surface area (Å²) in [6.45, 7) is 2.11. The Labute approximate surface area is 115 Å². The highest BCUT2D eigenvalue weighted by molar-refractivity contribution is 5.85. The predicted molar refractivity (Wildman–Crippen MR) is 75.9 cm³/mol. The first-order chi connectivity index (χ1) is 9.20. The lowest BCUT2D eigenvalue weighted by Gasteiger charge is -2.10. The fraction of sp³-hybridized carbons (Fsp3) is 0.733. The number of aromatic nitrogens is 2. The molecule has 1 aliphatic carbocycles. The minimum absolute atomic E-state index is 0.116. The van der Waals surface area contributed by atoms with Gasteiger partial charge in [-0.1, -0.05) is 32.6 Å². The maximum Gasteiger partial charge on any atom is 0.155 e. The van der Waals surface area contributed by atoms with Crippen LogP contribution in [0, 0.1) is 0 Å². The first-order valence-electron chi connectivity index (χ1n) is 7.53. The van der Waals surface area contributed by atoms with E-state index >= 15 is 0 Å². The molecule has 0 aromatic carbocycles. The summed E-state index contributed by atoms with van der Waals surface area (Å²) in [7, 11) is 0. The maximum atomic E-state index is 12.0. The van der Waals surface area contributed by atoms with Crippen molar-refractivity contribution in [3.05, 3.63) is 18.0 Å². The number of hydrogen-bond donors (Lipinski definition) is 1. The highest BCUT2D eigenvalue weighted by Crippen LogP contribution is 2.28. The SMILES string of the molecule is CCCCC(N)C(=O)Cc1ccn(C2CCCC2)n1. The molecule has 1 aromatic rings. The van der Waals surface area contributed by atoms with E-state index in [0.717, 1.165) is 25.0 Å². The normalized spacial score (nSPS) is 17.8. The van der Waals surface area contributed by atoms with Crippen molar-refractivity contribution in [2.75, 3.05) is 0 Å². The van der Waals surface area contributed by atoms with E-state index in [4.69, 9.17) is 5.73 Å². The van der Waals surface area contributed by atoms with Crippen LogP contribution in [0.1, 0.15) is 63.6 Å². The van der Waals surface area contributed by atoms with E-state index in [9.17, 15) is 4.79 Å². The Balaban J connectivity index is 1.86. The van der Waals surface area contributed by atoms with Gasteiger partial charge >= 0.3 is 0 Å². The summed E-state index contributed by atoms with van der Waals surface area (Å²) in [5.74, 6) is 0.116. The second-order valence-corrected chi connectivity index (χ2v) is 5.62. The summed E-state index contributed by atoms with van der Waals surface area (Å²) < 4.78 is 2.03. The predicted octanol–water partition coefficient (Wildman–Crippen LogP) is 2.63. The lowest BCUT2D eigenvalue weighted by molar-refractivity contribution is -0.119. The molecule has 0 aliphatic heterocycles. The zero-order chi connectivity index (χ0) is 13.7. The number of carbonyl (C=O) groups excluding carboxylic acids is 1. The molecule has 1 atom stereocenters. The van der Waals surface area contributed by atoms with Gasteiger partial charge < -0.3 is 5.73 Å². The topological polar surface area (TPSA) is 60.9 Å². The van der Waals surface area contributed by atoms with Crippen LogP contribution in [0.4, 0.5) is 0 Å². The number of Topliss-reactive ketones (excluding diaryl/α,β-unsaturated/α-hetero) is 1. The van der Waals surface area contributed by atoms with E-state index < -0.39 is 0 Å². The van der Waals surface area contributed by atoms with E-state index in [2.05, 4.69) is 12.0 Å². The van der Waals surface area contributed by atoms with Crippen molar-refractivity contribution in [3.63, 3.8) is 0 Å². The molecule has 1 unspecified atom stereocenters. The Kier molecular flexibility index (Phi) is 5.14. The van der Waals surface area contributed by atoms with Crippen molar-refractivity contribution >= 4 is 5.78 Å². The third-order valence-corrected chi connectivity index (χ3v) is 4.00. The molecular formula is C15H25N3O. The second-order valence-electron chi connectivity index (χ2n) is 5.62.